The summed E-state index contributed by atoms with van der Waals surface area (Å²) in [4.78, 5) is 12.1. The molecule has 0 unspecified atom stereocenters. The van der Waals surface area contributed by atoms with E-state index in [1.54, 1.807) is 0 Å². The zero-order valence-electron chi connectivity index (χ0n) is 19.0. The number of rotatable bonds is 5. The van der Waals surface area contributed by atoms with Gasteiger partial charge >= 0.3 is 0 Å². The Kier molecular flexibility index (Phi) is 6.05. The van der Waals surface area contributed by atoms with Crippen LogP contribution in [0.3, 0.4) is 0 Å². The Hall–Kier alpha value is -2.46. The van der Waals surface area contributed by atoms with Gasteiger partial charge in [0, 0.05) is 18.0 Å². The molecule has 0 radical (unpaired) electrons. The summed E-state index contributed by atoms with van der Waals surface area (Å²) in [7, 11) is 0. The van der Waals surface area contributed by atoms with Crippen molar-refractivity contribution < 1.29 is 0 Å². The largest absolute Gasteiger partial charge is 0.365 e. The lowest BCUT2D eigenvalue weighted by Crippen LogP contribution is -2.37. The summed E-state index contributed by atoms with van der Waals surface area (Å²) >= 11 is 0. The van der Waals surface area contributed by atoms with Crippen LogP contribution in [0.5, 0.6) is 0 Å². The topological polar surface area (TPSA) is 41.1 Å². The fourth-order valence-electron chi connectivity index (χ4n) is 4.72. The molecule has 4 nitrogen and oxygen atoms in total. The van der Waals surface area contributed by atoms with Crippen molar-refractivity contribution in [1.82, 2.24) is 14.9 Å². The second kappa shape index (κ2) is 8.73. The summed E-state index contributed by atoms with van der Waals surface area (Å²) in [5.41, 5.74) is 6.41. The van der Waals surface area contributed by atoms with Crippen LogP contribution in [0.15, 0.2) is 36.4 Å². The third-order valence-corrected chi connectivity index (χ3v) is 6.44. The molecule has 0 aliphatic carbocycles. The minimum Gasteiger partial charge on any atom is -0.365 e. The summed E-state index contributed by atoms with van der Waals surface area (Å²) in [5, 5.41) is 4.72. The smallest absolute Gasteiger partial charge is 0.137 e. The van der Waals surface area contributed by atoms with Gasteiger partial charge in [0.15, 0.2) is 0 Å². The molecule has 4 heteroatoms. The Morgan fingerprint density at radius 1 is 1.03 bits per heavy atom. The van der Waals surface area contributed by atoms with Crippen LogP contribution in [0.4, 0.5) is 5.82 Å². The highest BCUT2D eigenvalue weighted by Crippen LogP contribution is 2.34. The van der Waals surface area contributed by atoms with Crippen LogP contribution in [0, 0.1) is 20.8 Å². The molecule has 158 valence electrons. The molecule has 1 aliphatic rings. The summed E-state index contributed by atoms with van der Waals surface area (Å²) in [6, 6.07) is 13.9. The summed E-state index contributed by atoms with van der Waals surface area (Å²) in [5.74, 6) is 2.38. The van der Waals surface area contributed by atoms with E-state index in [-0.39, 0.29) is 0 Å². The van der Waals surface area contributed by atoms with E-state index in [0.717, 1.165) is 29.1 Å². The predicted molar refractivity (Wildman–Crippen MR) is 126 cm³/mol. The van der Waals surface area contributed by atoms with Crippen LogP contribution in [0.25, 0.3) is 10.9 Å². The van der Waals surface area contributed by atoms with Gasteiger partial charge in [-0.05, 0) is 95.3 Å². The molecule has 2 heterocycles. The number of hydrogen-bond donors (Lipinski definition) is 1. The number of aromatic nitrogens is 2. The van der Waals surface area contributed by atoms with Gasteiger partial charge in [-0.3, -0.25) is 0 Å². The van der Waals surface area contributed by atoms with Gasteiger partial charge in [-0.2, -0.15) is 0 Å². The molecule has 30 heavy (non-hydrogen) atoms. The zero-order chi connectivity index (χ0) is 21.3. The molecule has 1 aliphatic heterocycles. The van der Waals surface area contributed by atoms with Crippen molar-refractivity contribution in [3.8, 4) is 0 Å². The molecule has 3 aromatic rings. The third-order valence-electron chi connectivity index (χ3n) is 6.44. The molecule has 1 N–H and O–H groups in total. The minimum absolute atomic E-state index is 0.621. The van der Waals surface area contributed by atoms with Gasteiger partial charge in [-0.25, -0.2) is 9.97 Å². The number of piperidine rings is 1. The average Bonchev–Trinajstić information content (AvgIpc) is 2.71. The monoisotopic (exact) mass is 402 g/mol. The third kappa shape index (κ3) is 4.49. The molecule has 0 spiro atoms. The van der Waals surface area contributed by atoms with E-state index in [0.29, 0.717) is 12.0 Å². The lowest BCUT2D eigenvalue weighted by Gasteiger charge is -2.35. The van der Waals surface area contributed by atoms with E-state index < -0.39 is 0 Å². The highest BCUT2D eigenvalue weighted by Gasteiger charge is 2.24. The Morgan fingerprint density at radius 2 is 1.80 bits per heavy atom. The van der Waals surface area contributed by atoms with Crippen molar-refractivity contribution in [2.45, 2.75) is 66.0 Å². The van der Waals surface area contributed by atoms with Gasteiger partial charge in [0.2, 0.25) is 0 Å². The quantitative estimate of drug-likeness (QED) is 0.589. The SMILES string of the molecule is Cc1cccc(CNc2nc(C)nc3cc(C)c(C4CCN(C(C)C)CC4)cc23)c1. The molecular formula is C26H34N4. The van der Waals surface area contributed by atoms with Crippen molar-refractivity contribution in [3.63, 3.8) is 0 Å². The first-order valence-corrected chi connectivity index (χ1v) is 11.2. The van der Waals surface area contributed by atoms with E-state index in [4.69, 9.17) is 9.97 Å². The van der Waals surface area contributed by atoms with Gasteiger partial charge in [0.05, 0.1) is 5.52 Å². The molecule has 0 atom stereocenters. The molecule has 1 aromatic heterocycles. The molecule has 0 amide bonds. The second-order valence-electron chi connectivity index (χ2n) is 9.09. The molecule has 0 bridgehead atoms. The van der Waals surface area contributed by atoms with Gasteiger partial charge in [0.1, 0.15) is 11.6 Å². The van der Waals surface area contributed by atoms with Gasteiger partial charge in [-0.1, -0.05) is 29.8 Å². The fourth-order valence-corrected chi connectivity index (χ4v) is 4.72. The van der Waals surface area contributed by atoms with Gasteiger partial charge in [0.25, 0.3) is 0 Å². The lowest BCUT2D eigenvalue weighted by atomic mass is 9.85. The Balaban J connectivity index is 1.63. The highest BCUT2D eigenvalue weighted by molar-refractivity contribution is 5.90. The van der Waals surface area contributed by atoms with Crippen LogP contribution in [0.2, 0.25) is 0 Å². The number of anilines is 1. The first-order valence-electron chi connectivity index (χ1n) is 11.2. The maximum Gasteiger partial charge on any atom is 0.137 e. The van der Waals surface area contributed by atoms with E-state index in [9.17, 15) is 0 Å². The standard InChI is InChI=1S/C26H34N4/c1-17(2)30-11-9-22(10-12-30)23-15-24-25(14-19(23)4)28-20(5)29-26(24)27-16-21-8-6-7-18(3)13-21/h6-8,13-15,17,22H,9-12,16H2,1-5H3,(H,27,28,29). The molecule has 4 rings (SSSR count). The number of fused-ring (bicyclic) bond motifs is 1. The number of likely N-dealkylation sites (tertiary alicyclic amines) is 1. The second-order valence-corrected chi connectivity index (χ2v) is 9.09. The van der Waals surface area contributed by atoms with Crippen molar-refractivity contribution in [2.75, 3.05) is 18.4 Å². The van der Waals surface area contributed by atoms with E-state index in [2.05, 4.69) is 74.3 Å². The lowest BCUT2D eigenvalue weighted by molar-refractivity contribution is 0.172. The van der Waals surface area contributed by atoms with E-state index >= 15 is 0 Å². The normalized spacial score (nSPS) is 15.8. The average molecular weight is 403 g/mol. The molecule has 1 saturated heterocycles. The Labute approximate surface area is 180 Å². The molecule has 0 saturated carbocycles. The maximum absolute atomic E-state index is 4.76. The van der Waals surface area contributed by atoms with Crippen LogP contribution in [-0.2, 0) is 6.54 Å². The Morgan fingerprint density at radius 3 is 2.50 bits per heavy atom. The van der Waals surface area contributed by atoms with E-state index in [1.165, 1.54) is 48.2 Å². The number of hydrogen-bond acceptors (Lipinski definition) is 4. The van der Waals surface area contributed by atoms with Crippen LogP contribution in [-0.4, -0.2) is 34.0 Å². The minimum atomic E-state index is 0.621. The van der Waals surface area contributed by atoms with Crippen molar-refractivity contribution in [2.24, 2.45) is 0 Å². The summed E-state index contributed by atoms with van der Waals surface area (Å²) < 4.78 is 0. The fraction of sp³-hybridized carbons (Fsp3) is 0.462. The van der Waals surface area contributed by atoms with Crippen molar-refractivity contribution in [1.29, 1.82) is 0 Å². The van der Waals surface area contributed by atoms with Crippen molar-refractivity contribution in [3.05, 3.63) is 64.5 Å². The van der Waals surface area contributed by atoms with Crippen LogP contribution >= 0.6 is 0 Å². The van der Waals surface area contributed by atoms with Crippen LogP contribution < -0.4 is 5.32 Å². The first kappa shape index (κ1) is 20.8. The maximum atomic E-state index is 4.76. The number of aryl methyl sites for hydroxylation is 3. The van der Waals surface area contributed by atoms with Crippen molar-refractivity contribution >= 4 is 16.7 Å². The summed E-state index contributed by atoms with van der Waals surface area (Å²) in [6.45, 7) is 14.1. The number of benzene rings is 2. The van der Waals surface area contributed by atoms with E-state index in [1.807, 2.05) is 6.92 Å². The summed E-state index contributed by atoms with van der Waals surface area (Å²) in [6.07, 6.45) is 2.45. The zero-order valence-corrected chi connectivity index (χ0v) is 19.0. The first-order chi connectivity index (χ1) is 14.4. The van der Waals surface area contributed by atoms with Gasteiger partial charge < -0.3 is 10.2 Å². The Bertz CT molecular complexity index is 1030. The molecular weight excluding hydrogens is 368 g/mol. The molecule has 1 fully saturated rings. The van der Waals surface area contributed by atoms with Crippen LogP contribution in [0.1, 0.15) is 60.7 Å². The van der Waals surface area contributed by atoms with Gasteiger partial charge in [-0.15, -0.1) is 0 Å². The predicted octanol–water partition coefficient (Wildman–Crippen LogP) is 5.75. The number of nitrogens with zero attached hydrogens (tertiary/aromatic N) is 3. The number of nitrogens with one attached hydrogen (secondary N) is 1. The highest BCUT2D eigenvalue weighted by atomic mass is 15.1. The molecule has 2 aromatic carbocycles.